The van der Waals surface area contributed by atoms with Crippen LogP contribution in [-0.4, -0.2) is 19.8 Å². The summed E-state index contributed by atoms with van der Waals surface area (Å²) in [6, 6.07) is 2.98. The van der Waals surface area contributed by atoms with Crippen molar-refractivity contribution in [3.05, 3.63) is 16.5 Å². The molecule has 1 atom stereocenters. The first-order chi connectivity index (χ1) is 7.36. The molecule has 1 aromatic heterocycles. The molecule has 92 valence electrons. The van der Waals surface area contributed by atoms with Crippen LogP contribution in [0.1, 0.15) is 13.8 Å². The van der Waals surface area contributed by atoms with Crippen molar-refractivity contribution in [1.82, 2.24) is 4.72 Å². The van der Waals surface area contributed by atoms with Gasteiger partial charge in [0, 0.05) is 11.4 Å². The molecule has 0 saturated carbocycles. The third-order valence-electron chi connectivity index (χ3n) is 2.09. The standard InChI is InChI=1S/C9H13BrClNO2S2/c1-6(2)7(5-10)12-16(13,14)9-4-3-8(11)15-9/h3-4,6-7,12H,5H2,1-2H3. The number of thiophene rings is 1. The Hall–Kier alpha value is 0.380. The van der Waals surface area contributed by atoms with Crippen molar-refractivity contribution in [2.45, 2.75) is 24.1 Å². The number of halogens is 2. The topological polar surface area (TPSA) is 46.2 Å². The summed E-state index contributed by atoms with van der Waals surface area (Å²) in [5, 5.41) is 0.586. The molecule has 1 unspecified atom stereocenters. The third kappa shape index (κ3) is 3.70. The number of alkyl halides is 1. The van der Waals surface area contributed by atoms with Crippen LogP contribution in [0.15, 0.2) is 16.3 Å². The molecule has 0 aliphatic heterocycles. The Balaban J connectivity index is 2.87. The van der Waals surface area contributed by atoms with Crippen molar-refractivity contribution >= 4 is 48.9 Å². The summed E-state index contributed by atoms with van der Waals surface area (Å²) in [5.74, 6) is 0.226. The highest BCUT2D eigenvalue weighted by atomic mass is 79.9. The second-order valence-electron chi connectivity index (χ2n) is 3.68. The molecular formula is C9H13BrClNO2S2. The van der Waals surface area contributed by atoms with Crippen molar-refractivity contribution in [2.24, 2.45) is 5.92 Å². The lowest BCUT2D eigenvalue weighted by Crippen LogP contribution is -2.39. The van der Waals surface area contributed by atoms with E-state index in [4.69, 9.17) is 11.6 Å². The fraction of sp³-hybridized carbons (Fsp3) is 0.556. The zero-order chi connectivity index (χ0) is 12.3. The monoisotopic (exact) mass is 345 g/mol. The minimum atomic E-state index is -3.44. The highest BCUT2D eigenvalue weighted by molar-refractivity contribution is 9.09. The van der Waals surface area contributed by atoms with Gasteiger partial charge in [-0.15, -0.1) is 11.3 Å². The fourth-order valence-electron chi connectivity index (χ4n) is 1.05. The van der Waals surface area contributed by atoms with Gasteiger partial charge in [-0.1, -0.05) is 41.4 Å². The highest BCUT2D eigenvalue weighted by Crippen LogP contribution is 2.25. The van der Waals surface area contributed by atoms with Crippen molar-refractivity contribution in [3.8, 4) is 0 Å². The van der Waals surface area contributed by atoms with Crippen LogP contribution < -0.4 is 4.72 Å². The predicted octanol–water partition coefficient (Wildman–Crippen LogP) is 3.10. The van der Waals surface area contributed by atoms with E-state index in [1.165, 1.54) is 6.07 Å². The van der Waals surface area contributed by atoms with Gasteiger partial charge in [-0.3, -0.25) is 0 Å². The van der Waals surface area contributed by atoms with Crippen molar-refractivity contribution in [3.63, 3.8) is 0 Å². The number of rotatable bonds is 5. The van der Waals surface area contributed by atoms with Crippen LogP contribution in [0.25, 0.3) is 0 Å². The maximum Gasteiger partial charge on any atom is 0.250 e. The Kier molecular flexibility index (Phi) is 5.25. The average Bonchev–Trinajstić information content (AvgIpc) is 2.61. The normalized spacial score (nSPS) is 14.3. The Bertz CT molecular complexity index is 444. The van der Waals surface area contributed by atoms with Gasteiger partial charge >= 0.3 is 0 Å². The van der Waals surface area contributed by atoms with Crippen LogP contribution >= 0.6 is 38.9 Å². The first kappa shape index (κ1) is 14.4. The first-order valence-electron chi connectivity index (χ1n) is 4.70. The molecule has 0 amide bonds. The van der Waals surface area contributed by atoms with Gasteiger partial charge < -0.3 is 0 Å². The van der Waals surface area contributed by atoms with Crippen molar-refractivity contribution in [1.29, 1.82) is 0 Å². The highest BCUT2D eigenvalue weighted by Gasteiger charge is 2.22. The van der Waals surface area contributed by atoms with Crippen LogP contribution in [-0.2, 0) is 10.0 Å². The Morgan fingerprint density at radius 2 is 2.12 bits per heavy atom. The summed E-state index contributed by atoms with van der Waals surface area (Å²) in [6.07, 6.45) is 0. The SMILES string of the molecule is CC(C)C(CBr)NS(=O)(=O)c1ccc(Cl)s1. The summed E-state index contributed by atoms with van der Waals surface area (Å²) in [4.78, 5) is 0. The minimum absolute atomic E-state index is 0.120. The quantitative estimate of drug-likeness (QED) is 0.833. The van der Waals surface area contributed by atoms with E-state index in [-0.39, 0.29) is 16.2 Å². The summed E-state index contributed by atoms with van der Waals surface area (Å²) in [5.41, 5.74) is 0. The second kappa shape index (κ2) is 5.82. The van der Waals surface area contributed by atoms with E-state index >= 15 is 0 Å². The summed E-state index contributed by atoms with van der Waals surface area (Å²) in [6.45, 7) is 3.94. The lowest BCUT2D eigenvalue weighted by atomic mass is 10.1. The summed E-state index contributed by atoms with van der Waals surface area (Å²) in [7, 11) is -3.44. The minimum Gasteiger partial charge on any atom is -0.206 e. The van der Waals surface area contributed by atoms with Gasteiger partial charge in [0.1, 0.15) is 4.21 Å². The van der Waals surface area contributed by atoms with Gasteiger partial charge in [-0.2, -0.15) is 0 Å². The molecule has 0 saturated heterocycles. The Morgan fingerprint density at radius 1 is 1.50 bits per heavy atom. The van der Waals surface area contributed by atoms with E-state index in [1.54, 1.807) is 6.07 Å². The molecule has 1 aromatic rings. The van der Waals surface area contributed by atoms with E-state index in [9.17, 15) is 8.42 Å². The molecule has 0 aliphatic rings. The summed E-state index contributed by atoms with van der Waals surface area (Å²) >= 11 is 10.1. The predicted molar refractivity (Wildman–Crippen MR) is 72.1 cm³/mol. The van der Waals surface area contributed by atoms with Crippen LogP contribution in [0.5, 0.6) is 0 Å². The molecular weight excluding hydrogens is 334 g/mol. The smallest absolute Gasteiger partial charge is 0.206 e. The molecule has 0 aromatic carbocycles. The van der Waals surface area contributed by atoms with Gasteiger partial charge in [-0.25, -0.2) is 13.1 Å². The van der Waals surface area contributed by atoms with E-state index in [2.05, 4.69) is 20.7 Å². The zero-order valence-electron chi connectivity index (χ0n) is 8.91. The van der Waals surface area contributed by atoms with Gasteiger partial charge in [0.2, 0.25) is 10.0 Å². The lowest BCUT2D eigenvalue weighted by molar-refractivity contribution is 0.484. The second-order valence-corrected chi connectivity index (χ2v) is 7.99. The Morgan fingerprint density at radius 3 is 2.50 bits per heavy atom. The van der Waals surface area contributed by atoms with Crippen LogP contribution in [0.2, 0.25) is 4.34 Å². The molecule has 0 radical (unpaired) electrons. The van der Waals surface area contributed by atoms with Gasteiger partial charge in [-0.05, 0) is 18.1 Å². The maximum atomic E-state index is 11.9. The number of hydrogen-bond acceptors (Lipinski definition) is 3. The Labute approximate surface area is 113 Å². The number of sulfonamides is 1. The van der Waals surface area contributed by atoms with Crippen LogP contribution in [0.3, 0.4) is 0 Å². The fourth-order valence-corrected chi connectivity index (χ4v) is 5.05. The summed E-state index contributed by atoms with van der Waals surface area (Å²) < 4.78 is 27.3. The van der Waals surface area contributed by atoms with Gasteiger partial charge in [0.25, 0.3) is 0 Å². The zero-order valence-corrected chi connectivity index (χ0v) is 12.9. The molecule has 3 nitrogen and oxygen atoms in total. The molecule has 1 rings (SSSR count). The molecule has 16 heavy (non-hydrogen) atoms. The van der Waals surface area contributed by atoms with E-state index in [1.807, 2.05) is 13.8 Å². The molecule has 0 aliphatic carbocycles. The van der Waals surface area contributed by atoms with Crippen LogP contribution in [0, 0.1) is 5.92 Å². The molecule has 0 bridgehead atoms. The van der Waals surface area contributed by atoms with Crippen LogP contribution in [0.4, 0.5) is 0 Å². The molecule has 1 heterocycles. The first-order valence-corrected chi connectivity index (χ1v) is 8.50. The van der Waals surface area contributed by atoms with E-state index < -0.39 is 10.0 Å². The largest absolute Gasteiger partial charge is 0.250 e. The van der Waals surface area contributed by atoms with E-state index in [0.29, 0.717) is 9.67 Å². The van der Waals surface area contributed by atoms with Gasteiger partial charge in [0.15, 0.2) is 0 Å². The molecule has 0 spiro atoms. The maximum absolute atomic E-state index is 11.9. The van der Waals surface area contributed by atoms with Crippen molar-refractivity contribution in [2.75, 3.05) is 5.33 Å². The van der Waals surface area contributed by atoms with Gasteiger partial charge in [0.05, 0.1) is 4.34 Å². The van der Waals surface area contributed by atoms with Crippen molar-refractivity contribution < 1.29 is 8.42 Å². The number of hydrogen-bond donors (Lipinski definition) is 1. The molecule has 1 N–H and O–H groups in total. The average molecular weight is 347 g/mol. The lowest BCUT2D eigenvalue weighted by Gasteiger charge is -2.19. The molecule has 7 heteroatoms. The van der Waals surface area contributed by atoms with E-state index in [0.717, 1.165) is 11.3 Å². The molecule has 0 fully saturated rings. The number of nitrogens with one attached hydrogen (secondary N) is 1. The third-order valence-corrected chi connectivity index (χ3v) is 6.00.